The summed E-state index contributed by atoms with van der Waals surface area (Å²) in [7, 11) is 0. The van der Waals surface area contributed by atoms with E-state index in [1.807, 2.05) is 13.8 Å². The van der Waals surface area contributed by atoms with Crippen LogP contribution < -0.4 is 11.1 Å². The zero-order valence-electron chi connectivity index (χ0n) is 11.7. The van der Waals surface area contributed by atoms with E-state index in [0.29, 0.717) is 10.9 Å². The Kier molecular flexibility index (Phi) is 6.06. The minimum atomic E-state index is -0.342. The highest BCUT2D eigenvalue weighted by Gasteiger charge is 2.28. The van der Waals surface area contributed by atoms with E-state index in [1.165, 1.54) is 32.1 Å². The molecule has 0 aromatic carbocycles. The molecule has 1 aliphatic carbocycles. The number of hydrogen-bond acceptors (Lipinski definition) is 2. The van der Waals surface area contributed by atoms with Gasteiger partial charge in [-0.2, -0.15) is 0 Å². The van der Waals surface area contributed by atoms with Crippen LogP contribution >= 0.6 is 12.2 Å². The van der Waals surface area contributed by atoms with Gasteiger partial charge in [-0.3, -0.25) is 4.79 Å². The van der Waals surface area contributed by atoms with E-state index in [1.54, 1.807) is 0 Å². The van der Waals surface area contributed by atoms with E-state index in [9.17, 15) is 4.79 Å². The van der Waals surface area contributed by atoms with Gasteiger partial charge in [-0.1, -0.05) is 45.3 Å². The van der Waals surface area contributed by atoms with Gasteiger partial charge in [0.15, 0.2) is 0 Å². The van der Waals surface area contributed by atoms with Crippen molar-refractivity contribution < 1.29 is 4.79 Å². The smallest absolute Gasteiger partial charge is 0.230 e. The van der Waals surface area contributed by atoms with Crippen molar-refractivity contribution in [1.29, 1.82) is 0 Å². The molecule has 18 heavy (non-hydrogen) atoms. The zero-order valence-corrected chi connectivity index (χ0v) is 12.6. The Balaban J connectivity index is 2.53. The summed E-state index contributed by atoms with van der Waals surface area (Å²) in [6.07, 6.45) is 6.35. The van der Waals surface area contributed by atoms with Gasteiger partial charge in [0.2, 0.25) is 5.91 Å². The number of thiocarbonyl (C=S) groups is 1. The highest BCUT2D eigenvalue weighted by atomic mass is 32.1. The van der Waals surface area contributed by atoms with Crippen LogP contribution in [0.2, 0.25) is 0 Å². The lowest BCUT2D eigenvalue weighted by Gasteiger charge is -2.30. The molecule has 0 bridgehead atoms. The average molecular weight is 270 g/mol. The second kappa shape index (κ2) is 7.07. The van der Waals surface area contributed by atoms with Crippen LogP contribution in [0.5, 0.6) is 0 Å². The van der Waals surface area contributed by atoms with Gasteiger partial charge in [0.05, 0.1) is 10.9 Å². The van der Waals surface area contributed by atoms with Crippen molar-refractivity contribution in [2.75, 3.05) is 0 Å². The maximum atomic E-state index is 12.2. The molecule has 0 heterocycles. The molecule has 104 valence electrons. The first kappa shape index (κ1) is 15.4. The molecule has 1 rings (SSSR count). The summed E-state index contributed by atoms with van der Waals surface area (Å²) in [5.41, 5.74) is 5.66. The molecule has 3 nitrogen and oxygen atoms in total. The second-order valence-corrected chi connectivity index (χ2v) is 6.29. The fourth-order valence-corrected chi connectivity index (χ4v) is 3.21. The molecular weight excluding hydrogens is 244 g/mol. The Bertz CT molecular complexity index is 298. The summed E-state index contributed by atoms with van der Waals surface area (Å²) in [4.78, 5) is 12.5. The molecule has 2 unspecified atom stereocenters. The average Bonchev–Trinajstić information content (AvgIpc) is 2.28. The van der Waals surface area contributed by atoms with E-state index < -0.39 is 0 Å². The van der Waals surface area contributed by atoms with Gasteiger partial charge in [0.25, 0.3) is 0 Å². The maximum Gasteiger partial charge on any atom is 0.230 e. The van der Waals surface area contributed by atoms with Crippen molar-refractivity contribution >= 4 is 23.1 Å². The third-order valence-electron chi connectivity index (χ3n) is 3.98. The minimum Gasteiger partial charge on any atom is -0.393 e. The Morgan fingerprint density at radius 2 is 1.78 bits per heavy atom. The van der Waals surface area contributed by atoms with Crippen LogP contribution in [0.4, 0.5) is 0 Å². The van der Waals surface area contributed by atoms with E-state index >= 15 is 0 Å². The third-order valence-corrected chi connectivity index (χ3v) is 4.24. The molecule has 0 aromatic rings. The number of rotatable bonds is 5. The van der Waals surface area contributed by atoms with E-state index in [-0.39, 0.29) is 23.8 Å². The molecule has 4 heteroatoms. The molecule has 1 amide bonds. The fourth-order valence-electron chi connectivity index (χ4n) is 2.83. The predicted molar refractivity (Wildman–Crippen MR) is 79.3 cm³/mol. The van der Waals surface area contributed by atoms with Crippen LogP contribution in [-0.2, 0) is 4.79 Å². The summed E-state index contributed by atoms with van der Waals surface area (Å²) < 4.78 is 0. The van der Waals surface area contributed by atoms with E-state index in [0.717, 1.165) is 0 Å². The largest absolute Gasteiger partial charge is 0.393 e. The van der Waals surface area contributed by atoms with Crippen LogP contribution in [0.3, 0.4) is 0 Å². The third kappa shape index (κ3) is 4.23. The van der Waals surface area contributed by atoms with Gasteiger partial charge in [0, 0.05) is 6.04 Å². The second-order valence-electron chi connectivity index (χ2n) is 5.82. The van der Waals surface area contributed by atoms with Crippen molar-refractivity contribution in [2.45, 2.75) is 58.9 Å². The predicted octanol–water partition coefficient (Wildman–Crippen LogP) is 2.63. The van der Waals surface area contributed by atoms with Crippen LogP contribution in [0, 0.1) is 17.8 Å². The Morgan fingerprint density at radius 3 is 2.22 bits per heavy atom. The first-order chi connectivity index (χ1) is 8.43. The summed E-state index contributed by atoms with van der Waals surface area (Å²) in [5.74, 6) is 0.421. The van der Waals surface area contributed by atoms with E-state index in [2.05, 4.69) is 12.2 Å². The first-order valence-corrected chi connectivity index (χ1v) is 7.44. The minimum absolute atomic E-state index is 0.00410. The van der Waals surface area contributed by atoms with Crippen LogP contribution in [0.1, 0.15) is 52.9 Å². The topological polar surface area (TPSA) is 55.1 Å². The van der Waals surface area contributed by atoms with Gasteiger partial charge in [-0.05, 0) is 31.6 Å². The lowest BCUT2D eigenvalue weighted by molar-refractivity contribution is -0.125. The fraction of sp³-hybridized carbons (Fsp3) is 0.857. The van der Waals surface area contributed by atoms with Crippen molar-refractivity contribution in [3.8, 4) is 0 Å². The quantitative estimate of drug-likeness (QED) is 0.755. The van der Waals surface area contributed by atoms with Gasteiger partial charge >= 0.3 is 0 Å². The zero-order chi connectivity index (χ0) is 13.7. The Labute approximate surface area is 116 Å². The first-order valence-electron chi connectivity index (χ1n) is 7.03. The molecule has 0 radical (unpaired) electrons. The van der Waals surface area contributed by atoms with E-state index in [4.69, 9.17) is 18.0 Å². The molecule has 0 aromatic heterocycles. The van der Waals surface area contributed by atoms with Crippen LogP contribution in [-0.4, -0.2) is 16.9 Å². The summed E-state index contributed by atoms with van der Waals surface area (Å²) in [6.45, 7) is 6.06. The summed E-state index contributed by atoms with van der Waals surface area (Å²) in [6, 6.07) is 0.230. The molecule has 2 atom stereocenters. The van der Waals surface area contributed by atoms with Crippen LogP contribution in [0.25, 0.3) is 0 Å². The molecular formula is C14H26N2OS. The molecule has 3 N–H and O–H groups in total. The van der Waals surface area contributed by atoms with Gasteiger partial charge < -0.3 is 11.1 Å². The van der Waals surface area contributed by atoms with Gasteiger partial charge in [0.1, 0.15) is 0 Å². The maximum absolute atomic E-state index is 12.2. The Hall–Kier alpha value is -0.640. The summed E-state index contributed by atoms with van der Waals surface area (Å²) in [5, 5.41) is 3.11. The molecule has 0 spiro atoms. The highest BCUT2D eigenvalue weighted by molar-refractivity contribution is 7.80. The van der Waals surface area contributed by atoms with Gasteiger partial charge in [-0.15, -0.1) is 0 Å². The van der Waals surface area contributed by atoms with Crippen molar-refractivity contribution in [3.05, 3.63) is 0 Å². The molecule has 1 fully saturated rings. The Morgan fingerprint density at radius 1 is 1.22 bits per heavy atom. The molecule has 1 aliphatic rings. The number of hydrogen-bond donors (Lipinski definition) is 2. The lowest BCUT2D eigenvalue weighted by Crippen LogP contribution is -2.46. The lowest BCUT2D eigenvalue weighted by atomic mass is 9.84. The standard InChI is InChI=1S/C14H26N2OS/c1-9(2)12(13(15)18)14(17)16-10(3)11-7-5-4-6-8-11/h9-12H,4-8H2,1-3H3,(H2,15,18)(H,16,17). The molecule has 1 saturated carbocycles. The van der Waals surface area contributed by atoms with Gasteiger partial charge in [-0.25, -0.2) is 0 Å². The molecule has 0 aliphatic heterocycles. The van der Waals surface area contributed by atoms with Crippen molar-refractivity contribution in [1.82, 2.24) is 5.32 Å². The SMILES string of the molecule is CC(C)C(C(=O)NC(C)C1CCCCC1)C(N)=S. The number of nitrogens with two attached hydrogens (primary N) is 1. The summed E-state index contributed by atoms with van der Waals surface area (Å²) >= 11 is 5.00. The van der Waals surface area contributed by atoms with Crippen LogP contribution in [0.15, 0.2) is 0 Å². The number of carbonyl (C=O) groups is 1. The molecule has 0 saturated heterocycles. The normalized spacial score (nSPS) is 20.4. The highest BCUT2D eigenvalue weighted by Crippen LogP contribution is 2.26. The van der Waals surface area contributed by atoms with Crippen molar-refractivity contribution in [3.63, 3.8) is 0 Å². The van der Waals surface area contributed by atoms with Crippen molar-refractivity contribution in [2.24, 2.45) is 23.5 Å². The number of nitrogens with one attached hydrogen (secondary N) is 1. The monoisotopic (exact) mass is 270 g/mol. The number of carbonyl (C=O) groups excluding carboxylic acids is 1. The number of amides is 1.